The Morgan fingerprint density at radius 1 is 0.919 bits per heavy atom. The summed E-state index contributed by atoms with van der Waals surface area (Å²) in [5.41, 5.74) is 3.73. The van der Waals surface area contributed by atoms with Crippen LogP contribution in [0.3, 0.4) is 0 Å². The first-order valence-electron chi connectivity index (χ1n) is 12.6. The van der Waals surface area contributed by atoms with E-state index in [0.29, 0.717) is 22.9 Å². The third kappa shape index (κ3) is 6.75. The van der Waals surface area contributed by atoms with E-state index in [2.05, 4.69) is 33.2 Å². The molecule has 9 heteroatoms. The zero-order valence-electron chi connectivity index (χ0n) is 21.0. The number of aromatic nitrogens is 1. The van der Waals surface area contributed by atoms with E-state index in [1.54, 1.807) is 38.1 Å². The average Bonchev–Trinajstić information content (AvgIpc) is 3.39. The summed E-state index contributed by atoms with van der Waals surface area (Å²) in [6.07, 6.45) is 6.35. The van der Waals surface area contributed by atoms with E-state index in [-0.39, 0.29) is 17.7 Å². The van der Waals surface area contributed by atoms with Crippen LogP contribution in [0.15, 0.2) is 59.1 Å². The summed E-state index contributed by atoms with van der Waals surface area (Å²) >= 11 is 0. The van der Waals surface area contributed by atoms with Crippen molar-refractivity contribution >= 4 is 29.3 Å². The van der Waals surface area contributed by atoms with E-state index in [1.165, 1.54) is 43.7 Å². The molecule has 3 aromatic rings. The summed E-state index contributed by atoms with van der Waals surface area (Å²) in [7, 11) is 0. The Kier molecular flexibility index (Phi) is 8.22. The third-order valence-corrected chi connectivity index (χ3v) is 6.64. The molecule has 4 rings (SSSR count). The van der Waals surface area contributed by atoms with Crippen molar-refractivity contribution in [1.82, 2.24) is 10.5 Å². The highest BCUT2D eigenvalue weighted by atomic mass is 16.5. The van der Waals surface area contributed by atoms with Crippen molar-refractivity contribution in [2.45, 2.75) is 57.9 Å². The van der Waals surface area contributed by atoms with Gasteiger partial charge in [-0.05, 0) is 54.5 Å². The molecule has 1 aliphatic rings. The van der Waals surface area contributed by atoms with Gasteiger partial charge in [0.15, 0.2) is 0 Å². The second-order valence-corrected chi connectivity index (χ2v) is 9.72. The van der Waals surface area contributed by atoms with Crippen LogP contribution in [0.25, 0.3) is 11.3 Å². The van der Waals surface area contributed by atoms with Crippen LogP contribution in [-0.4, -0.2) is 34.2 Å². The highest BCUT2D eigenvalue weighted by Crippen LogP contribution is 2.33. The number of urea groups is 1. The molecule has 0 radical (unpaired) electrons. The molecule has 37 heavy (non-hydrogen) atoms. The molecule has 3 amide bonds. The molecule has 1 atom stereocenters. The van der Waals surface area contributed by atoms with E-state index >= 15 is 0 Å². The van der Waals surface area contributed by atoms with E-state index in [1.807, 2.05) is 12.1 Å². The molecule has 9 nitrogen and oxygen atoms in total. The number of nitrogens with one attached hydrogen (secondary N) is 3. The van der Waals surface area contributed by atoms with Gasteiger partial charge in [0.2, 0.25) is 5.76 Å². The van der Waals surface area contributed by atoms with Crippen LogP contribution in [0.2, 0.25) is 0 Å². The van der Waals surface area contributed by atoms with Crippen LogP contribution in [0.4, 0.5) is 16.2 Å². The lowest BCUT2D eigenvalue weighted by molar-refractivity contribution is -0.140. The number of hydrogen-bond acceptors (Lipinski definition) is 5. The zero-order chi connectivity index (χ0) is 26.4. The summed E-state index contributed by atoms with van der Waals surface area (Å²) in [5, 5.41) is 21.3. The number of carboxylic acids is 1. The SMILES string of the molecule is CC(C)C(NC(=O)c1cc(-c2ccc(NC(=O)Nc3ccc(C4CCCCC4)cc3)cc2)no1)C(=O)O. The van der Waals surface area contributed by atoms with Gasteiger partial charge in [-0.2, -0.15) is 0 Å². The Bertz CT molecular complexity index is 1230. The average molecular weight is 505 g/mol. The fraction of sp³-hybridized carbons (Fsp3) is 0.357. The molecule has 0 aliphatic heterocycles. The minimum Gasteiger partial charge on any atom is -0.480 e. The lowest BCUT2D eigenvalue weighted by Crippen LogP contribution is -2.44. The highest BCUT2D eigenvalue weighted by Gasteiger charge is 2.26. The second-order valence-electron chi connectivity index (χ2n) is 9.72. The molecule has 0 bridgehead atoms. The lowest BCUT2D eigenvalue weighted by atomic mass is 9.84. The Balaban J connectivity index is 1.32. The lowest BCUT2D eigenvalue weighted by Gasteiger charge is -2.22. The van der Waals surface area contributed by atoms with Crippen LogP contribution in [0, 0.1) is 5.92 Å². The van der Waals surface area contributed by atoms with Crippen molar-refractivity contribution in [1.29, 1.82) is 0 Å². The van der Waals surface area contributed by atoms with Gasteiger partial charge in [-0.3, -0.25) is 4.79 Å². The minimum atomic E-state index is -1.12. The number of rotatable bonds is 8. The molecule has 1 saturated carbocycles. The van der Waals surface area contributed by atoms with E-state index in [9.17, 15) is 19.5 Å². The van der Waals surface area contributed by atoms with E-state index < -0.39 is 17.9 Å². The van der Waals surface area contributed by atoms with Crippen molar-refractivity contribution < 1.29 is 24.0 Å². The number of aliphatic carboxylic acids is 1. The normalized spacial score (nSPS) is 14.7. The molecule has 2 aromatic carbocycles. The number of carbonyl (C=O) groups is 3. The number of hydrogen-bond donors (Lipinski definition) is 4. The largest absolute Gasteiger partial charge is 0.480 e. The van der Waals surface area contributed by atoms with Crippen molar-refractivity contribution in [2.75, 3.05) is 10.6 Å². The fourth-order valence-electron chi connectivity index (χ4n) is 4.54. The van der Waals surface area contributed by atoms with Crippen LogP contribution in [0.1, 0.15) is 68.0 Å². The zero-order valence-corrected chi connectivity index (χ0v) is 21.0. The predicted molar refractivity (Wildman–Crippen MR) is 141 cm³/mol. The molecule has 0 saturated heterocycles. The van der Waals surface area contributed by atoms with Crippen LogP contribution in [-0.2, 0) is 4.79 Å². The van der Waals surface area contributed by atoms with Gasteiger partial charge in [-0.25, -0.2) is 9.59 Å². The van der Waals surface area contributed by atoms with Gasteiger partial charge in [-0.15, -0.1) is 0 Å². The van der Waals surface area contributed by atoms with Gasteiger partial charge in [0.05, 0.1) is 0 Å². The Morgan fingerprint density at radius 3 is 2.08 bits per heavy atom. The van der Waals surface area contributed by atoms with Gasteiger partial charge in [0, 0.05) is 23.0 Å². The molecular formula is C28H32N4O5. The number of benzene rings is 2. The smallest absolute Gasteiger partial charge is 0.326 e. The van der Waals surface area contributed by atoms with Crippen molar-refractivity contribution in [3.05, 3.63) is 65.9 Å². The van der Waals surface area contributed by atoms with Crippen LogP contribution < -0.4 is 16.0 Å². The fourth-order valence-corrected chi connectivity index (χ4v) is 4.54. The summed E-state index contributed by atoms with van der Waals surface area (Å²) in [6.45, 7) is 3.41. The summed E-state index contributed by atoms with van der Waals surface area (Å²) in [5.74, 6) is -1.53. The summed E-state index contributed by atoms with van der Waals surface area (Å²) < 4.78 is 5.11. The van der Waals surface area contributed by atoms with E-state index in [0.717, 1.165) is 5.69 Å². The molecule has 1 aromatic heterocycles. The molecule has 0 spiro atoms. The van der Waals surface area contributed by atoms with Gasteiger partial charge < -0.3 is 25.6 Å². The van der Waals surface area contributed by atoms with Crippen LogP contribution >= 0.6 is 0 Å². The molecule has 1 unspecified atom stereocenters. The van der Waals surface area contributed by atoms with Crippen molar-refractivity contribution in [3.63, 3.8) is 0 Å². The first-order chi connectivity index (χ1) is 17.8. The Hall–Kier alpha value is -4.14. The maximum absolute atomic E-state index is 12.4. The second kappa shape index (κ2) is 11.7. The Labute approximate surface area is 215 Å². The molecule has 194 valence electrons. The molecular weight excluding hydrogens is 472 g/mol. The predicted octanol–water partition coefficient (Wildman–Crippen LogP) is 5.87. The van der Waals surface area contributed by atoms with Gasteiger partial charge >= 0.3 is 12.0 Å². The maximum atomic E-state index is 12.4. The molecule has 1 heterocycles. The number of amides is 3. The number of anilines is 2. The number of carbonyl (C=O) groups excluding carboxylic acids is 2. The minimum absolute atomic E-state index is 0.0852. The molecule has 1 aliphatic carbocycles. The monoisotopic (exact) mass is 504 g/mol. The quantitative estimate of drug-likeness (QED) is 0.303. The molecule has 4 N–H and O–H groups in total. The maximum Gasteiger partial charge on any atom is 0.326 e. The van der Waals surface area contributed by atoms with Crippen molar-refractivity contribution in [2.24, 2.45) is 5.92 Å². The summed E-state index contributed by atoms with van der Waals surface area (Å²) in [4.78, 5) is 36.1. The van der Waals surface area contributed by atoms with Crippen molar-refractivity contribution in [3.8, 4) is 11.3 Å². The summed E-state index contributed by atoms with van der Waals surface area (Å²) in [6, 6.07) is 15.0. The van der Waals surface area contributed by atoms with Gasteiger partial charge in [-0.1, -0.05) is 62.5 Å². The van der Waals surface area contributed by atoms with Gasteiger partial charge in [0.25, 0.3) is 5.91 Å². The third-order valence-electron chi connectivity index (χ3n) is 6.64. The van der Waals surface area contributed by atoms with Crippen LogP contribution in [0.5, 0.6) is 0 Å². The number of carboxylic acid groups (broad SMARTS) is 1. The standard InChI is InChI=1S/C28H32N4O5/c1-17(2)25(27(34)35)31-26(33)24-16-23(32-37-24)20-10-14-22(15-11-20)30-28(36)29-21-12-8-19(9-13-21)18-6-4-3-5-7-18/h8-18,25H,3-7H2,1-2H3,(H,31,33)(H,34,35)(H2,29,30,36). The topological polar surface area (TPSA) is 134 Å². The highest BCUT2D eigenvalue weighted by molar-refractivity contribution is 6.00. The van der Waals surface area contributed by atoms with Gasteiger partial charge in [0.1, 0.15) is 11.7 Å². The number of nitrogens with zero attached hydrogens (tertiary/aromatic N) is 1. The molecule has 1 fully saturated rings. The van der Waals surface area contributed by atoms with E-state index in [4.69, 9.17) is 4.52 Å². The Morgan fingerprint density at radius 2 is 1.51 bits per heavy atom. The first kappa shape index (κ1) is 25.9. The first-order valence-corrected chi connectivity index (χ1v) is 12.6.